The smallest absolute Gasteiger partial charge is 0.292 e. The Morgan fingerprint density at radius 1 is 1.37 bits per heavy atom. The highest BCUT2D eigenvalue weighted by atomic mass is 16.6. The minimum Gasteiger partial charge on any atom is -0.377 e. The normalized spacial score (nSPS) is 15.9. The first kappa shape index (κ1) is 13.8. The molecule has 1 fully saturated rings. The van der Waals surface area contributed by atoms with Crippen molar-refractivity contribution in [1.29, 1.82) is 0 Å². The number of nitrogens with zero attached hydrogens (tertiary/aromatic N) is 1. The van der Waals surface area contributed by atoms with E-state index in [1.54, 1.807) is 6.07 Å². The number of nitrogens with one attached hydrogen (secondary N) is 1. The molecule has 104 valence electrons. The topological polar surface area (TPSA) is 55.2 Å². The van der Waals surface area contributed by atoms with E-state index in [2.05, 4.69) is 19.2 Å². The molecule has 4 heteroatoms. The van der Waals surface area contributed by atoms with Gasteiger partial charge in [0.25, 0.3) is 5.69 Å². The van der Waals surface area contributed by atoms with E-state index >= 15 is 0 Å². The van der Waals surface area contributed by atoms with Gasteiger partial charge in [0, 0.05) is 12.1 Å². The van der Waals surface area contributed by atoms with Gasteiger partial charge >= 0.3 is 0 Å². The van der Waals surface area contributed by atoms with Gasteiger partial charge in [-0.3, -0.25) is 10.1 Å². The quantitative estimate of drug-likeness (QED) is 0.640. The molecule has 0 spiro atoms. The molecule has 1 aromatic carbocycles. The van der Waals surface area contributed by atoms with Crippen molar-refractivity contribution in [2.75, 3.05) is 5.32 Å². The summed E-state index contributed by atoms with van der Waals surface area (Å²) in [5, 5.41) is 14.5. The molecule has 1 aliphatic rings. The van der Waals surface area contributed by atoms with E-state index in [0.717, 1.165) is 24.8 Å². The van der Waals surface area contributed by atoms with E-state index in [1.165, 1.54) is 12.8 Å². The number of rotatable bonds is 5. The number of nitro benzene ring substituents is 1. The highest BCUT2D eigenvalue weighted by molar-refractivity contribution is 5.63. The van der Waals surface area contributed by atoms with Crippen LogP contribution in [-0.4, -0.2) is 11.0 Å². The largest absolute Gasteiger partial charge is 0.377 e. The van der Waals surface area contributed by atoms with Gasteiger partial charge in [-0.15, -0.1) is 0 Å². The second-order valence-corrected chi connectivity index (χ2v) is 5.83. The first-order valence-corrected chi connectivity index (χ1v) is 7.10. The predicted molar refractivity (Wildman–Crippen MR) is 77.5 cm³/mol. The molecule has 0 heterocycles. The average Bonchev–Trinajstić information content (AvgIpc) is 2.83. The van der Waals surface area contributed by atoms with Crippen molar-refractivity contribution in [3.8, 4) is 0 Å². The highest BCUT2D eigenvalue weighted by Gasteiger charge is 2.20. The summed E-state index contributed by atoms with van der Waals surface area (Å²) in [5.41, 5.74) is 1.92. The van der Waals surface area contributed by atoms with Crippen LogP contribution in [0.1, 0.15) is 45.1 Å². The summed E-state index contributed by atoms with van der Waals surface area (Å²) in [6.07, 6.45) is 5.55. The van der Waals surface area contributed by atoms with E-state index in [4.69, 9.17) is 0 Å². The highest BCUT2D eigenvalue weighted by Crippen LogP contribution is 2.30. The van der Waals surface area contributed by atoms with Gasteiger partial charge in [-0.25, -0.2) is 0 Å². The van der Waals surface area contributed by atoms with Crippen LogP contribution in [0.2, 0.25) is 0 Å². The zero-order valence-corrected chi connectivity index (χ0v) is 11.7. The first-order valence-electron chi connectivity index (χ1n) is 7.10. The molecule has 2 rings (SSSR count). The Morgan fingerprint density at radius 3 is 2.63 bits per heavy atom. The maximum Gasteiger partial charge on any atom is 0.292 e. The van der Waals surface area contributed by atoms with Crippen molar-refractivity contribution in [2.45, 2.75) is 52.0 Å². The van der Waals surface area contributed by atoms with Crippen molar-refractivity contribution in [3.63, 3.8) is 0 Å². The summed E-state index contributed by atoms with van der Waals surface area (Å²) in [5.74, 6) is 0.508. The molecular formula is C15H22N2O2. The van der Waals surface area contributed by atoms with Crippen LogP contribution in [0.5, 0.6) is 0 Å². The molecule has 0 amide bonds. The molecule has 0 radical (unpaired) electrons. The van der Waals surface area contributed by atoms with Gasteiger partial charge in [0.2, 0.25) is 0 Å². The van der Waals surface area contributed by atoms with Gasteiger partial charge in [0.1, 0.15) is 5.69 Å². The fourth-order valence-corrected chi connectivity index (χ4v) is 2.74. The second-order valence-electron chi connectivity index (χ2n) is 5.83. The molecule has 0 saturated heterocycles. The van der Waals surface area contributed by atoms with Gasteiger partial charge in [-0.05, 0) is 36.8 Å². The maximum absolute atomic E-state index is 11.2. The summed E-state index contributed by atoms with van der Waals surface area (Å²) in [7, 11) is 0. The number of hydrogen-bond acceptors (Lipinski definition) is 3. The molecule has 0 aliphatic heterocycles. The number of anilines is 1. The van der Waals surface area contributed by atoms with E-state index in [-0.39, 0.29) is 10.6 Å². The van der Waals surface area contributed by atoms with Gasteiger partial charge < -0.3 is 5.32 Å². The van der Waals surface area contributed by atoms with Crippen molar-refractivity contribution >= 4 is 11.4 Å². The molecular weight excluding hydrogens is 240 g/mol. The van der Waals surface area contributed by atoms with Gasteiger partial charge in [0.05, 0.1) is 4.92 Å². The fraction of sp³-hybridized carbons (Fsp3) is 0.600. The lowest BCUT2D eigenvalue weighted by atomic mass is 10.0. The van der Waals surface area contributed by atoms with Crippen LogP contribution < -0.4 is 5.32 Å². The molecule has 0 unspecified atom stereocenters. The number of hydrogen-bond donors (Lipinski definition) is 1. The number of nitro groups is 1. The Labute approximate surface area is 114 Å². The van der Waals surface area contributed by atoms with Gasteiger partial charge in [-0.1, -0.05) is 32.8 Å². The van der Waals surface area contributed by atoms with Crippen LogP contribution in [0.15, 0.2) is 18.2 Å². The Morgan fingerprint density at radius 2 is 2.05 bits per heavy atom. The van der Waals surface area contributed by atoms with E-state index in [0.29, 0.717) is 17.6 Å². The minimum atomic E-state index is -0.277. The molecule has 1 saturated carbocycles. The van der Waals surface area contributed by atoms with Crippen LogP contribution in [-0.2, 0) is 6.42 Å². The fourth-order valence-electron chi connectivity index (χ4n) is 2.74. The summed E-state index contributed by atoms with van der Waals surface area (Å²) in [6.45, 7) is 4.24. The summed E-state index contributed by atoms with van der Waals surface area (Å²) < 4.78 is 0. The van der Waals surface area contributed by atoms with E-state index in [1.807, 2.05) is 12.1 Å². The lowest BCUT2D eigenvalue weighted by Gasteiger charge is -2.14. The predicted octanol–water partition coefficient (Wildman–Crippen LogP) is 4.15. The van der Waals surface area contributed by atoms with Crippen molar-refractivity contribution in [1.82, 2.24) is 0 Å². The van der Waals surface area contributed by atoms with E-state index < -0.39 is 0 Å². The lowest BCUT2D eigenvalue weighted by molar-refractivity contribution is -0.384. The Hall–Kier alpha value is -1.58. The Bertz CT molecular complexity index is 451. The molecule has 4 nitrogen and oxygen atoms in total. The zero-order chi connectivity index (χ0) is 13.8. The SMILES string of the molecule is CC(C)Cc1ccc(NC2CCCC2)c([N+](=O)[O-])c1. The third-order valence-electron chi connectivity index (χ3n) is 3.62. The van der Waals surface area contributed by atoms with E-state index in [9.17, 15) is 10.1 Å². The van der Waals surface area contributed by atoms with Gasteiger partial charge in [-0.2, -0.15) is 0 Å². The third-order valence-corrected chi connectivity index (χ3v) is 3.62. The second kappa shape index (κ2) is 6.04. The maximum atomic E-state index is 11.2. The Balaban J connectivity index is 2.19. The average molecular weight is 262 g/mol. The first-order chi connectivity index (χ1) is 9.06. The molecule has 0 aromatic heterocycles. The Kier molecular flexibility index (Phi) is 4.40. The molecule has 1 aromatic rings. The summed E-state index contributed by atoms with van der Waals surface area (Å²) >= 11 is 0. The standard InChI is InChI=1S/C15H22N2O2/c1-11(2)9-12-7-8-14(15(10-12)17(18)19)16-13-5-3-4-6-13/h7-8,10-11,13,16H,3-6,9H2,1-2H3. The molecule has 1 aliphatic carbocycles. The molecule has 1 N–H and O–H groups in total. The van der Waals surface area contributed by atoms with Crippen LogP contribution in [0.3, 0.4) is 0 Å². The van der Waals surface area contributed by atoms with Crippen molar-refractivity contribution in [3.05, 3.63) is 33.9 Å². The lowest BCUT2D eigenvalue weighted by Crippen LogP contribution is -2.15. The van der Waals surface area contributed by atoms with Crippen LogP contribution in [0.4, 0.5) is 11.4 Å². The third kappa shape index (κ3) is 3.69. The minimum absolute atomic E-state index is 0.213. The molecule has 0 atom stereocenters. The van der Waals surface area contributed by atoms with Crippen LogP contribution >= 0.6 is 0 Å². The van der Waals surface area contributed by atoms with Crippen LogP contribution in [0, 0.1) is 16.0 Å². The van der Waals surface area contributed by atoms with Gasteiger partial charge in [0.15, 0.2) is 0 Å². The van der Waals surface area contributed by atoms with Crippen LogP contribution in [0.25, 0.3) is 0 Å². The molecule has 19 heavy (non-hydrogen) atoms. The number of benzene rings is 1. The molecule has 0 bridgehead atoms. The monoisotopic (exact) mass is 262 g/mol. The summed E-state index contributed by atoms with van der Waals surface area (Å²) in [6, 6.07) is 5.99. The van der Waals surface area contributed by atoms with Crippen molar-refractivity contribution < 1.29 is 4.92 Å². The zero-order valence-electron chi connectivity index (χ0n) is 11.7. The van der Waals surface area contributed by atoms with Crippen molar-refractivity contribution in [2.24, 2.45) is 5.92 Å². The summed E-state index contributed by atoms with van der Waals surface area (Å²) in [4.78, 5) is 10.9.